The van der Waals surface area contributed by atoms with Gasteiger partial charge in [-0.3, -0.25) is 9.48 Å². The summed E-state index contributed by atoms with van der Waals surface area (Å²) in [5, 5.41) is 11.0. The zero-order chi connectivity index (χ0) is 14.7. The SMILES string of the molecule is O=C(NCC1CNC1)c1cnn(Cc2ccccc2Cl)c1. The zero-order valence-corrected chi connectivity index (χ0v) is 12.3. The summed E-state index contributed by atoms with van der Waals surface area (Å²) in [7, 11) is 0. The third-order valence-electron chi connectivity index (χ3n) is 3.60. The molecule has 0 saturated carbocycles. The molecule has 1 aliphatic heterocycles. The Morgan fingerprint density at radius 3 is 2.95 bits per heavy atom. The van der Waals surface area contributed by atoms with E-state index in [0.29, 0.717) is 29.6 Å². The lowest BCUT2D eigenvalue weighted by atomic mass is 10.0. The molecular weight excluding hydrogens is 288 g/mol. The standard InChI is InChI=1S/C15H17ClN4O/c16-14-4-2-1-3-12(14)9-20-10-13(8-19-20)15(21)18-7-11-5-17-6-11/h1-4,8,10-11,17H,5-7,9H2,(H,18,21). The summed E-state index contributed by atoms with van der Waals surface area (Å²) in [5.41, 5.74) is 1.56. The van der Waals surface area contributed by atoms with Crippen LogP contribution in [0.1, 0.15) is 15.9 Å². The van der Waals surface area contributed by atoms with E-state index in [1.165, 1.54) is 0 Å². The number of nitrogens with zero attached hydrogens (tertiary/aromatic N) is 2. The van der Waals surface area contributed by atoms with Gasteiger partial charge in [-0.25, -0.2) is 0 Å². The quantitative estimate of drug-likeness (QED) is 0.881. The van der Waals surface area contributed by atoms with Gasteiger partial charge in [0.25, 0.3) is 5.91 Å². The fraction of sp³-hybridized carbons (Fsp3) is 0.333. The molecule has 1 amide bonds. The lowest BCUT2D eigenvalue weighted by Gasteiger charge is -2.26. The first kappa shape index (κ1) is 14.1. The number of halogens is 1. The smallest absolute Gasteiger partial charge is 0.254 e. The Bertz CT molecular complexity index is 636. The first-order valence-electron chi connectivity index (χ1n) is 6.97. The highest BCUT2D eigenvalue weighted by molar-refractivity contribution is 6.31. The Morgan fingerprint density at radius 1 is 1.43 bits per heavy atom. The highest BCUT2D eigenvalue weighted by atomic mass is 35.5. The van der Waals surface area contributed by atoms with Crippen LogP contribution < -0.4 is 10.6 Å². The third-order valence-corrected chi connectivity index (χ3v) is 3.97. The van der Waals surface area contributed by atoms with E-state index in [-0.39, 0.29) is 5.91 Å². The Labute approximate surface area is 128 Å². The van der Waals surface area contributed by atoms with Crippen molar-refractivity contribution in [2.24, 2.45) is 5.92 Å². The van der Waals surface area contributed by atoms with E-state index in [1.54, 1.807) is 17.1 Å². The maximum atomic E-state index is 12.0. The molecule has 0 unspecified atom stereocenters. The second-order valence-corrected chi connectivity index (χ2v) is 5.66. The van der Waals surface area contributed by atoms with E-state index >= 15 is 0 Å². The number of rotatable bonds is 5. The highest BCUT2D eigenvalue weighted by Crippen LogP contribution is 2.16. The van der Waals surface area contributed by atoms with Crippen LogP contribution in [0.5, 0.6) is 0 Å². The molecular formula is C15H17ClN4O. The van der Waals surface area contributed by atoms with Crippen molar-refractivity contribution in [3.05, 3.63) is 52.8 Å². The summed E-state index contributed by atoms with van der Waals surface area (Å²) in [6.45, 7) is 3.22. The molecule has 0 aliphatic carbocycles. The number of hydrogen-bond acceptors (Lipinski definition) is 3. The second kappa shape index (κ2) is 6.28. The molecule has 1 aliphatic rings. The Morgan fingerprint density at radius 2 is 2.24 bits per heavy atom. The van der Waals surface area contributed by atoms with Crippen molar-refractivity contribution < 1.29 is 4.79 Å². The van der Waals surface area contributed by atoms with Crippen LogP contribution in [0, 0.1) is 5.92 Å². The maximum Gasteiger partial charge on any atom is 0.254 e. The predicted molar refractivity (Wildman–Crippen MR) is 81.5 cm³/mol. The van der Waals surface area contributed by atoms with Crippen LogP contribution in [0.15, 0.2) is 36.7 Å². The summed E-state index contributed by atoms with van der Waals surface area (Å²) in [5.74, 6) is 0.472. The molecule has 2 heterocycles. The van der Waals surface area contributed by atoms with E-state index in [2.05, 4.69) is 15.7 Å². The van der Waals surface area contributed by atoms with Gasteiger partial charge in [0.05, 0.1) is 18.3 Å². The molecule has 110 valence electrons. The second-order valence-electron chi connectivity index (χ2n) is 5.25. The molecule has 2 N–H and O–H groups in total. The van der Waals surface area contributed by atoms with Crippen molar-refractivity contribution in [2.45, 2.75) is 6.54 Å². The minimum absolute atomic E-state index is 0.0766. The summed E-state index contributed by atoms with van der Waals surface area (Å²) < 4.78 is 1.72. The normalized spacial score (nSPS) is 14.7. The number of carbonyl (C=O) groups is 1. The van der Waals surface area contributed by atoms with Crippen LogP contribution >= 0.6 is 11.6 Å². The molecule has 0 spiro atoms. The lowest BCUT2D eigenvalue weighted by molar-refractivity contribution is 0.0942. The van der Waals surface area contributed by atoms with E-state index in [9.17, 15) is 4.79 Å². The van der Waals surface area contributed by atoms with Gasteiger partial charge < -0.3 is 10.6 Å². The van der Waals surface area contributed by atoms with Gasteiger partial charge in [-0.2, -0.15) is 5.10 Å². The van der Waals surface area contributed by atoms with Gasteiger partial charge in [0.15, 0.2) is 0 Å². The van der Waals surface area contributed by atoms with Gasteiger partial charge >= 0.3 is 0 Å². The van der Waals surface area contributed by atoms with Crippen LogP contribution in [0.25, 0.3) is 0 Å². The molecule has 21 heavy (non-hydrogen) atoms. The van der Waals surface area contributed by atoms with E-state index in [4.69, 9.17) is 11.6 Å². The zero-order valence-electron chi connectivity index (χ0n) is 11.6. The van der Waals surface area contributed by atoms with Gasteiger partial charge in [0.1, 0.15) is 0 Å². The molecule has 1 aromatic heterocycles. The van der Waals surface area contributed by atoms with Gasteiger partial charge in [0, 0.05) is 36.8 Å². The summed E-state index contributed by atoms with van der Waals surface area (Å²) in [4.78, 5) is 12.0. The number of benzene rings is 1. The van der Waals surface area contributed by atoms with E-state index in [0.717, 1.165) is 18.7 Å². The van der Waals surface area contributed by atoms with Crippen molar-refractivity contribution in [3.8, 4) is 0 Å². The number of carbonyl (C=O) groups excluding carboxylic acids is 1. The summed E-state index contributed by atoms with van der Waals surface area (Å²) in [6.07, 6.45) is 3.34. The monoisotopic (exact) mass is 304 g/mol. The van der Waals surface area contributed by atoms with Gasteiger partial charge in [-0.1, -0.05) is 29.8 Å². The number of nitrogens with one attached hydrogen (secondary N) is 2. The molecule has 1 saturated heterocycles. The fourth-order valence-corrected chi connectivity index (χ4v) is 2.40. The molecule has 0 radical (unpaired) electrons. The maximum absolute atomic E-state index is 12.0. The van der Waals surface area contributed by atoms with Gasteiger partial charge in [0.2, 0.25) is 0 Å². The largest absolute Gasteiger partial charge is 0.352 e. The molecule has 1 fully saturated rings. The van der Waals surface area contributed by atoms with Crippen LogP contribution in [0.4, 0.5) is 0 Å². The molecule has 2 aromatic rings. The molecule has 3 rings (SSSR count). The van der Waals surface area contributed by atoms with Crippen LogP contribution in [0.3, 0.4) is 0 Å². The molecule has 0 atom stereocenters. The van der Waals surface area contributed by atoms with Crippen molar-refractivity contribution in [2.75, 3.05) is 19.6 Å². The average Bonchev–Trinajstić information content (AvgIpc) is 2.88. The van der Waals surface area contributed by atoms with Crippen molar-refractivity contribution in [1.29, 1.82) is 0 Å². The average molecular weight is 305 g/mol. The minimum Gasteiger partial charge on any atom is -0.352 e. The fourth-order valence-electron chi connectivity index (χ4n) is 2.20. The van der Waals surface area contributed by atoms with E-state index < -0.39 is 0 Å². The topological polar surface area (TPSA) is 59.0 Å². The van der Waals surface area contributed by atoms with Crippen LogP contribution in [-0.4, -0.2) is 35.3 Å². The third kappa shape index (κ3) is 3.43. The van der Waals surface area contributed by atoms with Crippen molar-refractivity contribution in [1.82, 2.24) is 20.4 Å². The first-order chi connectivity index (χ1) is 10.2. The first-order valence-corrected chi connectivity index (χ1v) is 7.35. The van der Waals surface area contributed by atoms with Crippen LogP contribution in [0.2, 0.25) is 5.02 Å². The molecule has 6 heteroatoms. The highest BCUT2D eigenvalue weighted by Gasteiger charge is 2.18. The summed E-state index contributed by atoms with van der Waals surface area (Å²) in [6, 6.07) is 7.63. The summed E-state index contributed by atoms with van der Waals surface area (Å²) >= 11 is 6.12. The van der Waals surface area contributed by atoms with Crippen molar-refractivity contribution >= 4 is 17.5 Å². The molecule has 1 aromatic carbocycles. The Hall–Kier alpha value is -1.85. The molecule has 5 nitrogen and oxygen atoms in total. The van der Waals surface area contributed by atoms with Gasteiger partial charge in [-0.05, 0) is 11.6 Å². The van der Waals surface area contributed by atoms with Crippen molar-refractivity contribution in [3.63, 3.8) is 0 Å². The number of hydrogen-bond donors (Lipinski definition) is 2. The predicted octanol–water partition coefficient (Wildman–Crippen LogP) is 1.53. The Balaban J connectivity index is 1.60. The van der Waals surface area contributed by atoms with E-state index in [1.807, 2.05) is 24.3 Å². The minimum atomic E-state index is -0.0766. The molecule has 0 bridgehead atoms. The lowest BCUT2D eigenvalue weighted by Crippen LogP contribution is -2.48. The number of amides is 1. The van der Waals surface area contributed by atoms with Gasteiger partial charge in [-0.15, -0.1) is 0 Å². The Kier molecular flexibility index (Phi) is 4.22. The van der Waals surface area contributed by atoms with Crippen LogP contribution in [-0.2, 0) is 6.54 Å². The number of aromatic nitrogens is 2.